The van der Waals surface area contributed by atoms with Crippen molar-refractivity contribution in [2.75, 3.05) is 13.2 Å². The average Bonchev–Trinajstić information content (AvgIpc) is 2.59. The van der Waals surface area contributed by atoms with Gasteiger partial charge in [-0.1, -0.05) is 26.2 Å². The third kappa shape index (κ3) is 5.28. The van der Waals surface area contributed by atoms with Crippen molar-refractivity contribution in [3.8, 4) is 5.75 Å². The molecule has 0 unspecified atom stereocenters. The maximum atomic E-state index is 11.8. The summed E-state index contributed by atoms with van der Waals surface area (Å²) >= 11 is 0. The zero-order chi connectivity index (χ0) is 17.4. The second-order valence-electron chi connectivity index (χ2n) is 5.70. The topological polar surface area (TPSA) is 87.9 Å². The van der Waals surface area contributed by atoms with Gasteiger partial charge in [0, 0.05) is 18.1 Å². The van der Waals surface area contributed by atoms with Crippen LogP contribution in [0.15, 0.2) is 18.2 Å². The highest BCUT2D eigenvalue weighted by Gasteiger charge is 2.23. The molecule has 0 atom stereocenters. The summed E-state index contributed by atoms with van der Waals surface area (Å²) in [6.07, 6.45) is 4.25. The molecule has 1 aromatic carbocycles. The molecular formula is C17H23NO6. The van der Waals surface area contributed by atoms with Crippen LogP contribution in [0.3, 0.4) is 0 Å². The Balaban J connectivity index is 2.03. The van der Waals surface area contributed by atoms with E-state index in [1.54, 1.807) is 6.07 Å². The molecule has 1 aliphatic heterocycles. The zero-order valence-electron chi connectivity index (χ0n) is 13.9. The van der Waals surface area contributed by atoms with E-state index in [1.165, 1.54) is 12.1 Å². The van der Waals surface area contributed by atoms with Gasteiger partial charge in [0.1, 0.15) is 0 Å². The summed E-state index contributed by atoms with van der Waals surface area (Å²) in [5.41, 5.74) is 0.288. The number of ether oxygens (including phenoxy) is 3. The first-order valence-corrected chi connectivity index (χ1v) is 8.34. The van der Waals surface area contributed by atoms with E-state index in [4.69, 9.17) is 14.2 Å². The molecule has 1 aliphatic rings. The van der Waals surface area contributed by atoms with Crippen LogP contribution in [0.2, 0.25) is 0 Å². The number of unbranched alkanes of at least 4 members (excludes halogenated alkanes) is 3. The number of benzene rings is 1. The fourth-order valence-corrected chi connectivity index (χ4v) is 2.46. The van der Waals surface area contributed by atoms with E-state index in [0.29, 0.717) is 18.8 Å². The van der Waals surface area contributed by atoms with Crippen LogP contribution >= 0.6 is 0 Å². The highest BCUT2D eigenvalue weighted by Crippen LogP contribution is 2.33. The number of esters is 1. The number of carbonyl (C=O) groups excluding carboxylic acids is 1. The van der Waals surface area contributed by atoms with Gasteiger partial charge in [0.25, 0.3) is 0 Å². The molecule has 1 heterocycles. The lowest BCUT2D eigenvalue weighted by Crippen LogP contribution is -2.18. The van der Waals surface area contributed by atoms with Crippen LogP contribution < -0.4 is 4.74 Å². The lowest BCUT2D eigenvalue weighted by atomic mass is 10.1. The largest absolute Gasteiger partial charge is 0.419 e. The predicted molar refractivity (Wildman–Crippen MR) is 86.8 cm³/mol. The van der Waals surface area contributed by atoms with Gasteiger partial charge in [-0.3, -0.25) is 14.9 Å². The van der Waals surface area contributed by atoms with Crippen LogP contribution in [0.4, 0.5) is 5.69 Å². The monoisotopic (exact) mass is 337 g/mol. The fourth-order valence-electron chi connectivity index (χ4n) is 2.46. The quantitative estimate of drug-likeness (QED) is 0.235. The van der Waals surface area contributed by atoms with Crippen LogP contribution in [0.25, 0.3) is 0 Å². The lowest BCUT2D eigenvalue weighted by molar-refractivity contribution is -0.385. The van der Waals surface area contributed by atoms with Crippen molar-refractivity contribution >= 4 is 11.7 Å². The minimum atomic E-state index is -0.615. The van der Waals surface area contributed by atoms with E-state index in [-0.39, 0.29) is 17.9 Å². The highest BCUT2D eigenvalue weighted by atomic mass is 16.7. The van der Waals surface area contributed by atoms with E-state index in [2.05, 4.69) is 6.92 Å². The van der Waals surface area contributed by atoms with Crippen molar-refractivity contribution in [2.24, 2.45) is 0 Å². The molecule has 0 aliphatic carbocycles. The average molecular weight is 337 g/mol. The first kappa shape index (κ1) is 18.4. The smallest absolute Gasteiger partial charge is 0.312 e. The third-order valence-electron chi connectivity index (χ3n) is 3.74. The molecule has 7 heteroatoms. The van der Waals surface area contributed by atoms with E-state index < -0.39 is 17.2 Å². The van der Waals surface area contributed by atoms with Gasteiger partial charge >= 0.3 is 11.7 Å². The molecule has 0 aromatic heterocycles. The summed E-state index contributed by atoms with van der Waals surface area (Å²) in [5, 5.41) is 11.3. The summed E-state index contributed by atoms with van der Waals surface area (Å²) < 4.78 is 16.1. The molecule has 0 radical (unpaired) electrons. The third-order valence-corrected chi connectivity index (χ3v) is 3.74. The van der Waals surface area contributed by atoms with Crippen LogP contribution in [-0.4, -0.2) is 24.1 Å². The number of rotatable bonds is 8. The summed E-state index contributed by atoms with van der Waals surface area (Å²) in [7, 11) is 0. The van der Waals surface area contributed by atoms with Crippen molar-refractivity contribution in [1.29, 1.82) is 0 Å². The van der Waals surface area contributed by atoms with Gasteiger partial charge in [-0.25, -0.2) is 0 Å². The second kappa shape index (κ2) is 9.34. The molecule has 0 spiro atoms. The normalized spacial score (nSPS) is 15.2. The maximum absolute atomic E-state index is 11.8. The van der Waals surface area contributed by atoms with Gasteiger partial charge in [0.15, 0.2) is 6.29 Å². The molecule has 7 nitrogen and oxygen atoms in total. The first-order chi connectivity index (χ1) is 11.6. The Bertz CT molecular complexity index is 568. The second-order valence-corrected chi connectivity index (χ2v) is 5.70. The fraction of sp³-hybridized carbons (Fsp3) is 0.588. The number of hydrogen-bond acceptors (Lipinski definition) is 6. The van der Waals surface area contributed by atoms with Crippen molar-refractivity contribution in [1.82, 2.24) is 0 Å². The van der Waals surface area contributed by atoms with Crippen molar-refractivity contribution in [3.63, 3.8) is 0 Å². The van der Waals surface area contributed by atoms with Crippen molar-refractivity contribution in [2.45, 2.75) is 51.7 Å². The van der Waals surface area contributed by atoms with Gasteiger partial charge in [-0.15, -0.1) is 0 Å². The van der Waals surface area contributed by atoms with E-state index in [0.717, 1.165) is 32.1 Å². The number of hydrogen-bond donors (Lipinski definition) is 0. The summed E-state index contributed by atoms with van der Waals surface area (Å²) in [6, 6.07) is 4.40. The Labute approximate surface area is 141 Å². The van der Waals surface area contributed by atoms with Crippen LogP contribution in [0, 0.1) is 10.1 Å². The molecule has 132 valence electrons. The molecule has 0 bridgehead atoms. The SMILES string of the molecule is CCCCCCC(=O)Oc1ccc(C2OCCCO2)cc1[N+](=O)[O-]. The minimum Gasteiger partial charge on any atom is -0.419 e. The molecule has 1 aromatic rings. The zero-order valence-corrected chi connectivity index (χ0v) is 13.9. The Morgan fingerprint density at radius 3 is 2.71 bits per heavy atom. The van der Waals surface area contributed by atoms with Gasteiger partial charge in [-0.2, -0.15) is 0 Å². The minimum absolute atomic E-state index is 0.0416. The van der Waals surface area contributed by atoms with Crippen LogP contribution in [0.1, 0.15) is 57.3 Å². The summed E-state index contributed by atoms with van der Waals surface area (Å²) in [4.78, 5) is 22.5. The van der Waals surface area contributed by atoms with Crippen molar-refractivity contribution in [3.05, 3.63) is 33.9 Å². The Morgan fingerprint density at radius 1 is 1.29 bits per heavy atom. The van der Waals surface area contributed by atoms with Crippen molar-refractivity contribution < 1.29 is 23.9 Å². The van der Waals surface area contributed by atoms with E-state index in [9.17, 15) is 14.9 Å². The molecule has 24 heavy (non-hydrogen) atoms. The lowest BCUT2D eigenvalue weighted by Gasteiger charge is -2.23. The molecule has 2 rings (SSSR count). The maximum Gasteiger partial charge on any atom is 0.312 e. The molecular weight excluding hydrogens is 314 g/mol. The highest BCUT2D eigenvalue weighted by molar-refractivity contribution is 5.73. The predicted octanol–water partition coefficient (Wildman–Crippen LogP) is 3.91. The Hall–Kier alpha value is -1.99. The van der Waals surface area contributed by atoms with Gasteiger partial charge in [0.05, 0.1) is 18.1 Å². The Kier molecular flexibility index (Phi) is 7.14. The standard InChI is InChI=1S/C17H23NO6/c1-2-3-4-5-7-16(19)24-15-9-8-13(12-14(15)18(20)21)17-22-10-6-11-23-17/h8-9,12,17H,2-7,10-11H2,1H3. The van der Waals surface area contributed by atoms with Crippen LogP contribution in [0.5, 0.6) is 5.75 Å². The number of nitrogens with zero attached hydrogens (tertiary/aromatic N) is 1. The number of nitro benzene ring substituents is 1. The van der Waals surface area contributed by atoms with Gasteiger partial charge in [0.2, 0.25) is 5.75 Å². The molecule has 0 saturated carbocycles. The molecule has 1 fully saturated rings. The molecule has 0 N–H and O–H groups in total. The summed E-state index contributed by atoms with van der Waals surface area (Å²) in [5.74, 6) is -0.493. The molecule has 0 amide bonds. The van der Waals surface area contributed by atoms with Gasteiger partial charge in [-0.05, 0) is 25.0 Å². The summed E-state index contributed by atoms with van der Waals surface area (Å²) in [6.45, 7) is 3.18. The van der Waals surface area contributed by atoms with E-state index in [1.807, 2.05) is 0 Å². The number of carbonyl (C=O) groups is 1. The van der Waals surface area contributed by atoms with Gasteiger partial charge < -0.3 is 14.2 Å². The Morgan fingerprint density at radius 2 is 2.04 bits per heavy atom. The van der Waals surface area contributed by atoms with E-state index >= 15 is 0 Å². The molecule has 1 saturated heterocycles. The van der Waals surface area contributed by atoms with Crippen LogP contribution in [-0.2, 0) is 14.3 Å². The number of nitro groups is 1. The first-order valence-electron chi connectivity index (χ1n) is 8.34.